The van der Waals surface area contributed by atoms with Crippen molar-refractivity contribution in [1.29, 1.82) is 0 Å². The summed E-state index contributed by atoms with van der Waals surface area (Å²) in [5.41, 5.74) is 7.41. The van der Waals surface area contributed by atoms with Crippen LogP contribution in [0.4, 0.5) is 0 Å². The topological polar surface area (TPSA) is 36.4 Å². The van der Waals surface area contributed by atoms with Gasteiger partial charge in [-0.05, 0) is 0 Å². The van der Waals surface area contributed by atoms with Crippen molar-refractivity contribution in [2.75, 3.05) is 0 Å². The average molecular weight is 159 g/mol. The number of hydrogen-bond acceptors (Lipinski definition) is 0. The van der Waals surface area contributed by atoms with Crippen LogP contribution in [-0.4, -0.2) is 30.7 Å². The second kappa shape index (κ2) is 3.09. The Morgan fingerprint density at radius 1 is 2.00 bits per heavy atom. The van der Waals surface area contributed by atoms with Gasteiger partial charge in [-0.25, -0.2) is 0 Å². The molecule has 2 nitrogen and oxygen atoms in total. The monoisotopic (exact) mass is 160 g/mol. The molecular formula is CN2Sn. The summed E-state index contributed by atoms with van der Waals surface area (Å²) in [7, 11) is 0. The normalized spacial score (nSPS) is 3.00. The fraction of sp³-hybridized carbons (Fsp3) is 0. The van der Waals surface area contributed by atoms with Gasteiger partial charge < -0.3 is 0 Å². The van der Waals surface area contributed by atoms with Crippen molar-refractivity contribution >= 4 is 25.9 Å². The first-order chi connectivity index (χ1) is 1.91. The molecule has 0 unspecified atom stereocenters. The Bertz CT molecular complexity index is 56.1. The van der Waals surface area contributed by atoms with Crippen molar-refractivity contribution in [1.82, 2.24) is 0 Å². The van der Waals surface area contributed by atoms with E-state index in [-0.39, 0.29) is 0 Å². The summed E-state index contributed by atoms with van der Waals surface area (Å²) in [4.78, 5) is 2.53. The fourth-order valence-electron chi connectivity index (χ4n) is 0. The van der Waals surface area contributed by atoms with Crippen molar-refractivity contribution in [3.05, 3.63) is 5.53 Å². The standard InChI is InChI=1S/CN2.Sn/c1-3-2;. The average Bonchev–Trinajstić information content (AvgIpc) is 1.37. The predicted molar refractivity (Wildman–Crippen MR) is 14.4 cm³/mol. The molecule has 0 aromatic rings. The van der Waals surface area contributed by atoms with Crippen molar-refractivity contribution in [2.24, 2.45) is 0 Å². The summed E-state index contributed by atoms with van der Waals surface area (Å²) < 4.78 is 2.20. The molecule has 0 saturated heterocycles. The molecule has 0 amide bonds. The van der Waals surface area contributed by atoms with E-state index in [9.17, 15) is 0 Å². The third-order valence-electron chi connectivity index (χ3n) is 0.0500. The van der Waals surface area contributed by atoms with E-state index in [1.54, 1.807) is 0 Å². The zero-order chi connectivity index (χ0) is 3.41. The van der Waals surface area contributed by atoms with Crippen LogP contribution in [0.2, 0.25) is 0 Å². The molecule has 0 atom stereocenters. The van der Waals surface area contributed by atoms with Crippen LogP contribution in [-0.2, 0) is 0 Å². The van der Waals surface area contributed by atoms with Crippen molar-refractivity contribution < 1.29 is 4.79 Å². The third-order valence-corrected chi connectivity index (χ3v) is 0.335. The number of hydrogen-bond donors (Lipinski definition) is 0. The van der Waals surface area contributed by atoms with Gasteiger partial charge in [-0.15, -0.1) is 0 Å². The first-order valence-corrected chi connectivity index (χ1v) is 2.10. The Morgan fingerprint density at radius 3 is 2.25 bits per heavy atom. The molecule has 0 spiro atoms. The van der Waals surface area contributed by atoms with Gasteiger partial charge in [0.05, 0.1) is 0 Å². The Labute approximate surface area is 36.6 Å². The van der Waals surface area contributed by atoms with Crippen LogP contribution >= 0.6 is 0 Å². The Morgan fingerprint density at radius 2 is 2.25 bits per heavy atom. The van der Waals surface area contributed by atoms with E-state index in [2.05, 4.69) is 8.60 Å². The van der Waals surface area contributed by atoms with Crippen molar-refractivity contribution in [2.45, 2.75) is 0 Å². The van der Waals surface area contributed by atoms with Gasteiger partial charge in [0.2, 0.25) is 0 Å². The van der Waals surface area contributed by atoms with Crippen LogP contribution in [0, 0.1) is 0 Å². The summed E-state index contributed by atoms with van der Waals surface area (Å²) in [5.74, 6) is 0. The van der Waals surface area contributed by atoms with Crippen LogP contribution in [0.1, 0.15) is 0 Å². The molecule has 0 saturated carbocycles. The minimum absolute atomic E-state index is 1.00. The van der Waals surface area contributed by atoms with Gasteiger partial charge in [0.1, 0.15) is 0 Å². The van der Waals surface area contributed by atoms with E-state index in [1.807, 2.05) is 0 Å². The van der Waals surface area contributed by atoms with E-state index < -0.39 is 0 Å². The van der Waals surface area contributed by atoms with Gasteiger partial charge in [0.25, 0.3) is 0 Å². The molecule has 0 aliphatic heterocycles. The van der Waals surface area contributed by atoms with Gasteiger partial charge in [0, 0.05) is 0 Å². The minimum atomic E-state index is 1.00. The molecule has 0 aliphatic rings. The van der Waals surface area contributed by atoms with Gasteiger partial charge in [-0.1, -0.05) is 0 Å². The number of nitrogens with zero attached hydrogens (tertiary/aromatic N) is 2. The summed E-state index contributed by atoms with van der Waals surface area (Å²) in [6, 6.07) is 0. The zero-order valence-corrected chi connectivity index (χ0v) is 4.75. The van der Waals surface area contributed by atoms with Gasteiger partial charge in [-0.3, -0.25) is 0 Å². The van der Waals surface area contributed by atoms with Crippen LogP contribution in [0.3, 0.4) is 0 Å². The Hall–Kier alpha value is 0.0887. The molecule has 0 aliphatic carbocycles. The van der Waals surface area contributed by atoms with Crippen LogP contribution < -0.4 is 0 Å². The maximum absolute atomic E-state index is 7.41. The van der Waals surface area contributed by atoms with E-state index in [1.165, 1.54) is 0 Å². The van der Waals surface area contributed by atoms with Crippen LogP contribution in [0.25, 0.3) is 5.53 Å². The molecule has 0 heterocycles. The van der Waals surface area contributed by atoms with Crippen molar-refractivity contribution in [3.8, 4) is 0 Å². The van der Waals surface area contributed by atoms with Gasteiger partial charge in [-0.2, -0.15) is 0 Å². The molecule has 0 N–H and O–H groups in total. The first kappa shape index (κ1) is 4.09. The SMILES string of the molecule is [N-]=[N+]=[C]=[Sn]. The molecule has 3 heteroatoms. The Kier molecular flexibility index (Phi) is 3.16. The molecule has 4 heavy (non-hydrogen) atoms. The second-order valence-electron chi connectivity index (χ2n) is 0.212. The molecule has 0 fully saturated rings. The molecule has 0 bridgehead atoms. The van der Waals surface area contributed by atoms with Crippen LogP contribution in [0.5, 0.6) is 0 Å². The Balaban J connectivity index is 3.95. The summed E-state index contributed by atoms with van der Waals surface area (Å²) in [6.45, 7) is 0. The van der Waals surface area contributed by atoms with Crippen LogP contribution in [0.15, 0.2) is 0 Å². The van der Waals surface area contributed by atoms with E-state index >= 15 is 0 Å². The quantitative estimate of drug-likeness (QED) is 0.193. The van der Waals surface area contributed by atoms with E-state index in [0.717, 1.165) is 22.1 Å². The number of rotatable bonds is 0. The van der Waals surface area contributed by atoms with Gasteiger partial charge >= 0.3 is 36.2 Å². The summed E-state index contributed by atoms with van der Waals surface area (Å²) >= 11 is 1.00. The molecule has 18 valence electrons. The first-order valence-electron chi connectivity index (χ1n) is 0.674. The molecule has 0 aromatic heterocycles. The maximum atomic E-state index is 7.41. The van der Waals surface area contributed by atoms with Gasteiger partial charge in [0.15, 0.2) is 0 Å². The van der Waals surface area contributed by atoms with E-state index in [0.29, 0.717) is 0 Å². The third kappa shape index (κ3) is 2.09. The predicted octanol–water partition coefficient (Wildman–Crippen LogP) is -0.710. The van der Waals surface area contributed by atoms with E-state index in [4.69, 9.17) is 5.53 Å². The molecule has 0 aromatic carbocycles. The second-order valence-corrected chi connectivity index (χ2v) is 0.850. The van der Waals surface area contributed by atoms with Crippen molar-refractivity contribution in [3.63, 3.8) is 0 Å². The fourth-order valence-corrected chi connectivity index (χ4v) is 0. The zero-order valence-electron chi connectivity index (χ0n) is 1.89. The molecule has 0 rings (SSSR count). The summed E-state index contributed by atoms with van der Waals surface area (Å²) in [6.07, 6.45) is 0. The molecular weight excluding hydrogens is 159 g/mol. The summed E-state index contributed by atoms with van der Waals surface area (Å²) in [5, 5.41) is 0. The molecule has 2 radical (unpaired) electrons.